The van der Waals surface area contributed by atoms with Crippen LogP contribution in [0, 0.1) is 0 Å². The lowest BCUT2D eigenvalue weighted by Crippen LogP contribution is -2.54. The van der Waals surface area contributed by atoms with Crippen LogP contribution in [-0.2, 0) is 36.5 Å². The highest BCUT2D eigenvalue weighted by Gasteiger charge is 2.34. The van der Waals surface area contributed by atoms with Gasteiger partial charge in [-0.2, -0.15) is 0 Å². The molecular formula is C18H26N2O5S. The number of carbonyl (C=O) groups excluding carboxylic acids is 2. The molecule has 0 spiro atoms. The second-order valence-electron chi connectivity index (χ2n) is 6.82. The molecule has 0 aromatic heterocycles. The summed E-state index contributed by atoms with van der Waals surface area (Å²) in [5.74, 6) is -1.79. The van der Waals surface area contributed by atoms with E-state index in [-0.39, 0.29) is 11.7 Å². The molecule has 0 unspecified atom stereocenters. The van der Waals surface area contributed by atoms with Gasteiger partial charge in [-0.1, -0.05) is 43.5 Å². The van der Waals surface area contributed by atoms with Crippen molar-refractivity contribution in [1.29, 1.82) is 0 Å². The van der Waals surface area contributed by atoms with Gasteiger partial charge >= 0.3 is 5.97 Å². The predicted molar refractivity (Wildman–Crippen MR) is 97.8 cm³/mol. The Morgan fingerprint density at radius 3 is 2.27 bits per heavy atom. The molecule has 1 aliphatic rings. The van der Waals surface area contributed by atoms with Gasteiger partial charge in [0.15, 0.2) is 9.84 Å². The summed E-state index contributed by atoms with van der Waals surface area (Å²) in [6, 6.07) is 6.87. The van der Waals surface area contributed by atoms with Gasteiger partial charge in [-0.05, 0) is 24.0 Å². The van der Waals surface area contributed by atoms with Crippen LogP contribution in [0.2, 0.25) is 0 Å². The highest BCUT2D eigenvalue weighted by atomic mass is 32.2. The van der Waals surface area contributed by atoms with E-state index in [2.05, 4.69) is 10.1 Å². The number of ether oxygens (including phenoxy) is 1. The molecule has 0 bridgehead atoms. The van der Waals surface area contributed by atoms with Crippen LogP contribution in [0.5, 0.6) is 0 Å². The van der Waals surface area contributed by atoms with Gasteiger partial charge in [0, 0.05) is 6.54 Å². The van der Waals surface area contributed by atoms with Crippen molar-refractivity contribution in [2.24, 2.45) is 5.73 Å². The number of carbonyl (C=O) groups is 2. The monoisotopic (exact) mass is 382 g/mol. The van der Waals surface area contributed by atoms with Gasteiger partial charge in [-0.25, -0.2) is 8.42 Å². The number of sulfone groups is 1. The number of amides is 1. The van der Waals surface area contributed by atoms with Crippen molar-refractivity contribution in [1.82, 2.24) is 5.32 Å². The van der Waals surface area contributed by atoms with Gasteiger partial charge in [0.25, 0.3) is 0 Å². The van der Waals surface area contributed by atoms with Crippen LogP contribution in [0.4, 0.5) is 0 Å². The molecule has 7 nitrogen and oxygen atoms in total. The Hall–Kier alpha value is -1.93. The molecule has 1 amide bonds. The van der Waals surface area contributed by atoms with E-state index in [1.54, 1.807) is 24.3 Å². The predicted octanol–water partition coefficient (Wildman–Crippen LogP) is 1.05. The minimum atomic E-state index is -3.57. The summed E-state index contributed by atoms with van der Waals surface area (Å²) >= 11 is 0. The lowest BCUT2D eigenvalue weighted by molar-refractivity contribution is -0.137. The SMILES string of the molecule is COC(=O)CS(=O)(=O)Cc1ccc(CNC(=O)C2(N)CCCCC2)cc1. The fourth-order valence-electron chi connectivity index (χ4n) is 3.06. The van der Waals surface area contributed by atoms with Crippen molar-refractivity contribution in [3.05, 3.63) is 35.4 Å². The lowest BCUT2D eigenvalue weighted by atomic mass is 9.82. The van der Waals surface area contributed by atoms with E-state index in [1.165, 1.54) is 0 Å². The van der Waals surface area contributed by atoms with Crippen LogP contribution in [0.15, 0.2) is 24.3 Å². The minimum absolute atomic E-state index is 0.137. The van der Waals surface area contributed by atoms with Gasteiger partial charge in [-0.15, -0.1) is 0 Å². The van der Waals surface area contributed by atoms with E-state index in [9.17, 15) is 18.0 Å². The third-order valence-electron chi connectivity index (χ3n) is 4.63. The summed E-state index contributed by atoms with van der Waals surface area (Å²) in [4.78, 5) is 23.4. The maximum absolute atomic E-state index is 12.3. The van der Waals surface area contributed by atoms with Crippen LogP contribution in [-0.4, -0.2) is 38.7 Å². The number of hydrogen-bond donors (Lipinski definition) is 2. The number of rotatable bonds is 7. The molecule has 8 heteroatoms. The van der Waals surface area contributed by atoms with Crippen LogP contribution in [0.1, 0.15) is 43.2 Å². The number of nitrogens with one attached hydrogen (secondary N) is 1. The van der Waals surface area contributed by atoms with Gasteiger partial charge in [0.05, 0.1) is 18.4 Å². The first-order chi connectivity index (χ1) is 12.2. The number of esters is 1. The molecule has 1 saturated carbocycles. The van der Waals surface area contributed by atoms with Crippen LogP contribution in [0.25, 0.3) is 0 Å². The Kier molecular flexibility index (Phi) is 6.77. The summed E-state index contributed by atoms with van der Waals surface area (Å²) in [5, 5.41) is 2.87. The molecule has 0 heterocycles. The zero-order valence-corrected chi connectivity index (χ0v) is 15.8. The molecule has 1 aromatic rings. The summed E-state index contributed by atoms with van der Waals surface area (Å²) in [6.07, 6.45) is 4.47. The normalized spacial score (nSPS) is 16.7. The van der Waals surface area contributed by atoms with Crippen molar-refractivity contribution in [2.45, 2.75) is 49.9 Å². The van der Waals surface area contributed by atoms with Gasteiger partial charge in [0.1, 0.15) is 5.75 Å². The molecule has 0 radical (unpaired) electrons. The molecular weight excluding hydrogens is 356 g/mol. The molecule has 1 aliphatic carbocycles. The van der Waals surface area contributed by atoms with Gasteiger partial charge in [0.2, 0.25) is 5.91 Å². The third kappa shape index (κ3) is 5.81. The Bertz CT molecular complexity index is 737. The Morgan fingerprint density at radius 2 is 1.69 bits per heavy atom. The first-order valence-corrected chi connectivity index (χ1v) is 10.5. The number of benzene rings is 1. The Morgan fingerprint density at radius 1 is 1.12 bits per heavy atom. The second-order valence-corrected chi connectivity index (χ2v) is 8.89. The topological polar surface area (TPSA) is 116 Å². The molecule has 1 fully saturated rings. The van der Waals surface area contributed by atoms with E-state index < -0.39 is 27.1 Å². The minimum Gasteiger partial charge on any atom is -0.468 e. The molecule has 0 atom stereocenters. The lowest BCUT2D eigenvalue weighted by Gasteiger charge is -2.31. The Balaban J connectivity index is 1.89. The highest BCUT2D eigenvalue weighted by molar-refractivity contribution is 7.91. The van der Waals surface area contributed by atoms with Crippen molar-refractivity contribution in [3.63, 3.8) is 0 Å². The fraction of sp³-hybridized carbons (Fsp3) is 0.556. The molecule has 144 valence electrons. The van der Waals surface area contributed by atoms with E-state index in [0.717, 1.165) is 31.9 Å². The fourth-order valence-corrected chi connectivity index (χ4v) is 4.34. The molecule has 0 aliphatic heterocycles. The van der Waals surface area contributed by atoms with E-state index in [1.807, 2.05) is 0 Å². The average Bonchev–Trinajstić information content (AvgIpc) is 2.60. The van der Waals surface area contributed by atoms with Crippen LogP contribution in [0.3, 0.4) is 0 Å². The second kappa shape index (κ2) is 8.64. The largest absolute Gasteiger partial charge is 0.468 e. The smallest absolute Gasteiger partial charge is 0.320 e. The van der Waals surface area contributed by atoms with Crippen molar-refractivity contribution in [3.8, 4) is 0 Å². The molecule has 3 N–H and O–H groups in total. The quantitative estimate of drug-likeness (QED) is 0.681. The van der Waals surface area contributed by atoms with Crippen molar-refractivity contribution in [2.75, 3.05) is 12.9 Å². The first-order valence-electron chi connectivity index (χ1n) is 8.66. The highest BCUT2D eigenvalue weighted by Crippen LogP contribution is 2.26. The molecule has 2 rings (SSSR count). The zero-order valence-electron chi connectivity index (χ0n) is 15.0. The summed E-state index contributed by atoms with van der Waals surface area (Å²) < 4.78 is 28.2. The van der Waals surface area contributed by atoms with Crippen LogP contribution >= 0.6 is 0 Å². The summed E-state index contributed by atoms with van der Waals surface area (Å²) in [7, 11) is -2.42. The van der Waals surface area contributed by atoms with Crippen molar-refractivity contribution >= 4 is 21.7 Å². The van der Waals surface area contributed by atoms with Crippen LogP contribution < -0.4 is 11.1 Å². The standard InChI is InChI=1S/C18H26N2O5S/c1-25-16(21)13-26(23,24)12-15-7-5-14(6-8-15)11-20-17(22)18(19)9-3-2-4-10-18/h5-8H,2-4,9-13,19H2,1H3,(H,20,22). The summed E-state index contributed by atoms with van der Waals surface area (Å²) in [5.41, 5.74) is 6.85. The molecule has 26 heavy (non-hydrogen) atoms. The average molecular weight is 382 g/mol. The number of methoxy groups -OCH3 is 1. The summed E-state index contributed by atoms with van der Waals surface area (Å²) in [6.45, 7) is 0.340. The van der Waals surface area contributed by atoms with E-state index in [0.29, 0.717) is 24.9 Å². The maximum Gasteiger partial charge on any atom is 0.320 e. The zero-order chi connectivity index (χ0) is 19.2. The molecule has 1 aromatic carbocycles. The maximum atomic E-state index is 12.3. The van der Waals surface area contributed by atoms with Gasteiger partial charge < -0.3 is 15.8 Å². The number of hydrogen-bond acceptors (Lipinski definition) is 6. The number of nitrogens with two attached hydrogens (primary N) is 1. The molecule has 0 saturated heterocycles. The third-order valence-corrected chi connectivity index (χ3v) is 6.07. The first kappa shape index (κ1) is 20.4. The van der Waals surface area contributed by atoms with Crippen molar-refractivity contribution < 1.29 is 22.7 Å². The van der Waals surface area contributed by atoms with E-state index in [4.69, 9.17) is 5.73 Å². The van der Waals surface area contributed by atoms with Gasteiger partial charge in [-0.3, -0.25) is 9.59 Å². The van der Waals surface area contributed by atoms with E-state index >= 15 is 0 Å². The Labute approximate surface area is 154 Å².